The summed E-state index contributed by atoms with van der Waals surface area (Å²) in [5.41, 5.74) is 7.38. The average molecular weight is 260 g/mol. The van der Waals surface area contributed by atoms with Crippen molar-refractivity contribution in [3.63, 3.8) is 0 Å². The number of hydrogen-bond acceptors (Lipinski definition) is 2. The van der Waals surface area contributed by atoms with Crippen LogP contribution in [-0.2, 0) is 6.42 Å². The van der Waals surface area contributed by atoms with E-state index in [9.17, 15) is 0 Å². The molecule has 1 fully saturated rings. The number of hydrogen-bond donors (Lipinski definition) is 2. The highest BCUT2D eigenvalue weighted by Crippen LogP contribution is 2.28. The summed E-state index contributed by atoms with van der Waals surface area (Å²) < 4.78 is 0. The Bertz CT molecular complexity index is 372. The lowest BCUT2D eigenvalue weighted by atomic mass is 9.86. The van der Waals surface area contributed by atoms with Crippen LogP contribution in [-0.4, -0.2) is 6.04 Å². The van der Waals surface area contributed by atoms with E-state index >= 15 is 0 Å². The molecule has 1 aliphatic carbocycles. The van der Waals surface area contributed by atoms with Crippen LogP contribution < -0.4 is 11.3 Å². The van der Waals surface area contributed by atoms with E-state index in [4.69, 9.17) is 5.84 Å². The average Bonchev–Trinajstić information content (AvgIpc) is 2.67. The SMILES string of the molecule is Cc1cccc(C)c1CC(NN)C1CCCCCC1. The van der Waals surface area contributed by atoms with Gasteiger partial charge < -0.3 is 0 Å². The minimum absolute atomic E-state index is 0.429. The van der Waals surface area contributed by atoms with E-state index in [2.05, 4.69) is 37.5 Å². The molecular weight excluding hydrogens is 232 g/mol. The molecule has 1 saturated carbocycles. The molecule has 3 N–H and O–H groups in total. The van der Waals surface area contributed by atoms with Gasteiger partial charge in [0.2, 0.25) is 0 Å². The van der Waals surface area contributed by atoms with Crippen molar-refractivity contribution in [2.24, 2.45) is 11.8 Å². The van der Waals surface area contributed by atoms with Gasteiger partial charge in [-0.25, -0.2) is 0 Å². The fourth-order valence-electron chi connectivity index (χ4n) is 3.47. The Hall–Kier alpha value is -0.860. The van der Waals surface area contributed by atoms with Crippen LogP contribution in [0.4, 0.5) is 0 Å². The highest BCUT2D eigenvalue weighted by Gasteiger charge is 2.22. The molecule has 0 saturated heterocycles. The third-order valence-corrected chi connectivity index (χ3v) is 4.75. The van der Waals surface area contributed by atoms with Gasteiger partial charge in [-0.15, -0.1) is 0 Å². The molecule has 0 aromatic heterocycles. The molecule has 2 heteroatoms. The van der Waals surface area contributed by atoms with Crippen molar-refractivity contribution in [3.05, 3.63) is 34.9 Å². The molecular formula is C17H28N2. The minimum Gasteiger partial charge on any atom is -0.271 e. The van der Waals surface area contributed by atoms with Crippen LogP contribution in [0.15, 0.2) is 18.2 Å². The van der Waals surface area contributed by atoms with E-state index in [0.29, 0.717) is 6.04 Å². The lowest BCUT2D eigenvalue weighted by Gasteiger charge is -2.27. The van der Waals surface area contributed by atoms with Gasteiger partial charge in [-0.2, -0.15) is 0 Å². The standard InChI is InChI=1S/C17H28N2/c1-13-8-7-9-14(2)16(13)12-17(19-18)15-10-5-3-4-6-11-15/h7-9,15,17,19H,3-6,10-12,18H2,1-2H3. The van der Waals surface area contributed by atoms with Crippen molar-refractivity contribution in [1.29, 1.82) is 0 Å². The van der Waals surface area contributed by atoms with Crippen molar-refractivity contribution in [3.8, 4) is 0 Å². The second-order valence-corrected chi connectivity index (χ2v) is 6.10. The molecule has 106 valence electrons. The summed E-state index contributed by atoms with van der Waals surface area (Å²) in [6.45, 7) is 4.42. The van der Waals surface area contributed by atoms with Crippen LogP contribution in [0, 0.1) is 19.8 Å². The van der Waals surface area contributed by atoms with E-state index in [0.717, 1.165) is 12.3 Å². The molecule has 1 unspecified atom stereocenters. The largest absolute Gasteiger partial charge is 0.271 e. The summed E-state index contributed by atoms with van der Waals surface area (Å²) in [6.07, 6.45) is 9.28. The zero-order chi connectivity index (χ0) is 13.7. The number of aryl methyl sites for hydroxylation is 2. The van der Waals surface area contributed by atoms with Crippen LogP contribution in [0.3, 0.4) is 0 Å². The van der Waals surface area contributed by atoms with Gasteiger partial charge in [0.05, 0.1) is 0 Å². The predicted octanol–water partition coefficient (Wildman–Crippen LogP) is 3.65. The Morgan fingerprint density at radius 2 is 1.68 bits per heavy atom. The summed E-state index contributed by atoms with van der Waals surface area (Å²) in [4.78, 5) is 0. The van der Waals surface area contributed by atoms with E-state index in [1.807, 2.05) is 0 Å². The van der Waals surface area contributed by atoms with Gasteiger partial charge in [-0.1, -0.05) is 43.9 Å². The number of benzene rings is 1. The molecule has 0 bridgehead atoms. The molecule has 1 atom stereocenters. The van der Waals surface area contributed by atoms with Gasteiger partial charge in [0, 0.05) is 6.04 Å². The first-order chi connectivity index (χ1) is 9.22. The number of hydrazine groups is 1. The van der Waals surface area contributed by atoms with Crippen molar-refractivity contribution < 1.29 is 0 Å². The maximum atomic E-state index is 5.85. The third kappa shape index (κ3) is 3.80. The fraction of sp³-hybridized carbons (Fsp3) is 0.647. The highest BCUT2D eigenvalue weighted by molar-refractivity contribution is 5.34. The van der Waals surface area contributed by atoms with Gasteiger partial charge in [0.15, 0.2) is 0 Å². The van der Waals surface area contributed by atoms with E-state index < -0.39 is 0 Å². The molecule has 0 radical (unpaired) electrons. The summed E-state index contributed by atoms with van der Waals surface area (Å²) in [7, 11) is 0. The van der Waals surface area contributed by atoms with Crippen molar-refractivity contribution >= 4 is 0 Å². The lowest BCUT2D eigenvalue weighted by molar-refractivity contribution is 0.320. The molecule has 2 nitrogen and oxygen atoms in total. The Labute approximate surface area is 117 Å². The van der Waals surface area contributed by atoms with Gasteiger partial charge in [0.25, 0.3) is 0 Å². The highest BCUT2D eigenvalue weighted by atomic mass is 15.2. The topological polar surface area (TPSA) is 38.0 Å². The number of nitrogens with two attached hydrogens (primary N) is 1. The van der Waals surface area contributed by atoms with E-state index in [1.165, 1.54) is 55.2 Å². The maximum Gasteiger partial charge on any atom is 0.0279 e. The van der Waals surface area contributed by atoms with Crippen LogP contribution in [0.25, 0.3) is 0 Å². The van der Waals surface area contributed by atoms with Gasteiger partial charge in [-0.3, -0.25) is 11.3 Å². The molecule has 1 aromatic carbocycles. The first-order valence-corrected chi connectivity index (χ1v) is 7.73. The Morgan fingerprint density at radius 3 is 2.21 bits per heavy atom. The smallest absolute Gasteiger partial charge is 0.0279 e. The van der Waals surface area contributed by atoms with E-state index in [-0.39, 0.29) is 0 Å². The van der Waals surface area contributed by atoms with Crippen molar-refractivity contribution in [1.82, 2.24) is 5.43 Å². The van der Waals surface area contributed by atoms with Crippen molar-refractivity contribution in [2.75, 3.05) is 0 Å². The first kappa shape index (κ1) is 14.5. The molecule has 0 amide bonds. The molecule has 0 spiro atoms. The molecule has 0 aliphatic heterocycles. The van der Waals surface area contributed by atoms with Gasteiger partial charge in [0.1, 0.15) is 0 Å². The summed E-state index contributed by atoms with van der Waals surface area (Å²) >= 11 is 0. The number of nitrogens with one attached hydrogen (secondary N) is 1. The zero-order valence-corrected chi connectivity index (χ0v) is 12.4. The Morgan fingerprint density at radius 1 is 1.11 bits per heavy atom. The van der Waals surface area contributed by atoms with Crippen LogP contribution in [0.1, 0.15) is 55.2 Å². The predicted molar refractivity (Wildman–Crippen MR) is 81.9 cm³/mol. The molecule has 0 heterocycles. The Kier molecular flexibility index (Phi) is 5.41. The normalized spacial score (nSPS) is 19.1. The van der Waals surface area contributed by atoms with Crippen LogP contribution >= 0.6 is 0 Å². The Balaban J connectivity index is 2.09. The van der Waals surface area contributed by atoms with E-state index in [1.54, 1.807) is 0 Å². The molecule has 1 aliphatic rings. The zero-order valence-electron chi connectivity index (χ0n) is 12.4. The fourth-order valence-corrected chi connectivity index (χ4v) is 3.47. The quantitative estimate of drug-likeness (QED) is 0.493. The number of rotatable bonds is 4. The minimum atomic E-state index is 0.429. The second-order valence-electron chi connectivity index (χ2n) is 6.10. The summed E-state index contributed by atoms with van der Waals surface area (Å²) in [5, 5.41) is 0. The molecule has 1 aromatic rings. The van der Waals surface area contributed by atoms with Gasteiger partial charge >= 0.3 is 0 Å². The maximum absolute atomic E-state index is 5.85. The summed E-state index contributed by atoms with van der Waals surface area (Å²) in [6, 6.07) is 6.99. The van der Waals surface area contributed by atoms with Gasteiger partial charge in [-0.05, 0) is 55.7 Å². The van der Waals surface area contributed by atoms with Crippen LogP contribution in [0.2, 0.25) is 0 Å². The first-order valence-electron chi connectivity index (χ1n) is 7.73. The third-order valence-electron chi connectivity index (χ3n) is 4.75. The monoisotopic (exact) mass is 260 g/mol. The summed E-state index contributed by atoms with van der Waals surface area (Å²) in [5.74, 6) is 6.59. The molecule has 2 rings (SSSR count). The van der Waals surface area contributed by atoms with Crippen molar-refractivity contribution in [2.45, 2.75) is 64.8 Å². The molecule has 19 heavy (non-hydrogen) atoms. The lowest BCUT2D eigenvalue weighted by Crippen LogP contribution is -2.42. The second kappa shape index (κ2) is 7.06. The van der Waals surface area contributed by atoms with Crippen LogP contribution in [0.5, 0.6) is 0 Å².